The van der Waals surface area contributed by atoms with Crippen LogP contribution in [0.5, 0.6) is 0 Å². The summed E-state index contributed by atoms with van der Waals surface area (Å²) < 4.78 is 12.9. The van der Waals surface area contributed by atoms with Gasteiger partial charge in [0.1, 0.15) is 5.82 Å². The minimum Gasteiger partial charge on any atom is -0.302 e. The van der Waals surface area contributed by atoms with Crippen molar-refractivity contribution in [3.8, 4) is 11.3 Å². The quantitative estimate of drug-likeness (QED) is 0.915. The maximum absolute atomic E-state index is 12.9. The summed E-state index contributed by atoms with van der Waals surface area (Å²) in [4.78, 5) is 16.2. The Morgan fingerprint density at radius 1 is 1.30 bits per heavy atom. The van der Waals surface area contributed by atoms with E-state index in [2.05, 4.69) is 10.3 Å². The lowest BCUT2D eigenvalue weighted by molar-refractivity contribution is -0.117. The van der Waals surface area contributed by atoms with Crippen LogP contribution in [0.3, 0.4) is 0 Å². The predicted molar refractivity (Wildman–Crippen MR) is 80.2 cm³/mol. The number of rotatable bonds is 3. The standard InChI is InChI=1S/C15H17FN2OS/c1-15(2,3)8-13(19)18-14-17-12(9-20-14)10-4-6-11(16)7-5-10/h4-7,9H,8H2,1-3H3,(H,17,18,19). The number of aromatic nitrogens is 1. The first-order chi connectivity index (χ1) is 9.33. The van der Waals surface area contributed by atoms with Crippen LogP contribution >= 0.6 is 11.3 Å². The Balaban J connectivity index is 2.06. The molecular weight excluding hydrogens is 275 g/mol. The average molecular weight is 292 g/mol. The molecule has 0 radical (unpaired) electrons. The third-order valence-electron chi connectivity index (χ3n) is 2.58. The summed E-state index contributed by atoms with van der Waals surface area (Å²) in [7, 11) is 0. The minimum absolute atomic E-state index is 0.0440. The normalized spacial score (nSPS) is 11.4. The molecule has 0 aliphatic carbocycles. The van der Waals surface area contributed by atoms with E-state index in [0.717, 1.165) is 11.3 Å². The summed E-state index contributed by atoms with van der Waals surface area (Å²) in [5, 5.41) is 5.21. The molecule has 0 saturated carbocycles. The van der Waals surface area contributed by atoms with Crippen molar-refractivity contribution < 1.29 is 9.18 Å². The van der Waals surface area contributed by atoms with Crippen molar-refractivity contribution in [2.24, 2.45) is 5.41 Å². The Morgan fingerprint density at radius 2 is 1.95 bits per heavy atom. The number of thiazole rings is 1. The maximum Gasteiger partial charge on any atom is 0.226 e. The minimum atomic E-state index is -0.275. The van der Waals surface area contributed by atoms with E-state index in [4.69, 9.17) is 0 Å². The molecule has 0 saturated heterocycles. The van der Waals surface area contributed by atoms with Gasteiger partial charge in [-0.2, -0.15) is 0 Å². The van der Waals surface area contributed by atoms with Gasteiger partial charge in [0.05, 0.1) is 5.69 Å². The molecule has 0 unspecified atom stereocenters. The molecule has 3 nitrogen and oxygen atoms in total. The largest absolute Gasteiger partial charge is 0.302 e. The zero-order chi connectivity index (χ0) is 14.8. The number of hydrogen-bond donors (Lipinski definition) is 1. The van der Waals surface area contributed by atoms with Crippen LogP contribution in [0.15, 0.2) is 29.6 Å². The Labute approximate surface area is 121 Å². The van der Waals surface area contributed by atoms with Crippen LogP contribution < -0.4 is 5.32 Å². The number of anilines is 1. The number of carbonyl (C=O) groups is 1. The predicted octanol–water partition coefficient (Wildman–Crippen LogP) is 4.32. The molecule has 1 aromatic heterocycles. The molecule has 1 heterocycles. The van der Waals surface area contributed by atoms with Gasteiger partial charge < -0.3 is 5.32 Å². The van der Waals surface area contributed by atoms with Crippen LogP contribution in [0.4, 0.5) is 9.52 Å². The molecule has 1 aromatic carbocycles. The van der Waals surface area contributed by atoms with Crippen molar-refractivity contribution in [2.75, 3.05) is 5.32 Å². The first-order valence-corrected chi connectivity index (χ1v) is 7.23. The van der Waals surface area contributed by atoms with Crippen molar-refractivity contribution in [3.63, 3.8) is 0 Å². The molecule has 2 rings (SSSR count). The molecular formula is C15H17FN2OS. The highest BCUT2D eigenvalue weighted by Gasteiger charge is 2.17. The summed E-state index contributed by atoms with van der Waals surface area (Å²) in [6.45, 7) is 6.04. The summed E-state index contributed by atoms with van der Waals surface area (Å²) >= 11 is 1.37. The molecule has 1 amide bonds. The number of amides is 1. The van der Waals surface area contributed by atoms with Gasteiger partial charge in [-0.25, -0.2) is 9.37 Å². The number of hydrogen-bond acceptors (Lipinski definition) is 3. The average Bonchev–Trinajstić information content (AvgIpc) is 2.75. The second-order valence-corrected chi connectivity index (χ2v) is 6.69. The van der Waals surface area contributed by atoms with Crippen LogP contribution in [0.1, 0.15) is 27.2 Å². The fourth-order valence-corrected chi connectivity index (χ4v) is 2.47. The first kappa shape index (κ1) is 14.7. The third-order valence-corrected chi connectivity index (χ3v) is 3.34. The van der Waals surface area contributed by atoms with E-state index < -0.39 is 0 Å². The fourth-order valence-electron chi connectivity index (χ4n) is 1.73. The van der Waals surface area contributed by atoms with Gasteiger partial charge in [0.25, 0.3) is 0 Å². The van der Waals surface area contributed by atoms with Gasteiger partial charge in [-0.15, -0.1) is 11.3 Å². The molecule has 0 aliphatic heterocycles. The van der Waals surface area contributed by atoms with Crippen molar-refractivity contribution in [2.45, 2.75) is 27.2 Å². The van der Waals surface area contributed by atoms with E-state index in [-0.39, 0.29) is 17.1 Å². The van der Waals surface area contributed by atoms with E-state index in [1.54, 1.807) is 12.1 Å². The topological polar surface area (TPSA) is 42.0 Å². The van der Waals surface area contributed by atoms with E-state index in [1.165, 1.54) is 23.5 Å². The highest BCUT2D eigenvalue weighted by atomic mass is 32.1. The second kappa shape index (κ2) is 5.71. The van der Waals surface area contributed by atoms with E-state index >= 15 is 0 Å². The smallest absolute Gasteiger partial charge is 0.226 e. The molecule has 1 N–H and O–H groups in total. The number of nitrogens with zero attached hydrogens (tertiary/aromatic N) is 1. The molecule has 20 heavy (non-hydrogen) atoms. The second-order valence-electron chi connectivity index (χ2n) is 5.83. The fraction of sp³-hybridized carbons (Fsp3) is 0.333. The van der Waals surface area contributed by atoms with Crippen molar-refractivity contribution in [1.82, 2.24) is 4.98 Å². The van der Waals surface area contributed by atoms with E-state index in [9.17, 15) is 9.18 Å². The number of nitrogens with one attached hydrogen (secondary N) is 1. The lowest BCUT2D eigenvalue weighted by atomic mass is 9.92. The van der Waals surface area contributed by atoms with Crippen LogP contribution in [0.2, 0.25) is 0 Å². The molecule has 0 aliphatic rings. The summed E-state index contributed by atoms with van der Waals surface area (Å²) in [5.74, 6) is -0.319. The summed E-state index contributed by atoms with van der Waals surface area (Å²) in [5.41, 5.74) is 1.52. The highest BCUT2D eigenvalue weighted by molar-refractivity contribution is 7.14. The van der Waals surface area contributed by atoms with Crippen molar-refractivity contribution in [3.05, 3.63) is 35.5 Å². The molecule has 0 bridgehead atoms. The molecule has 0 spiro atoms. The van der Waals surface area contributed by atoms with Crippen LogP contribution in [0, 0.1) is 11.2 Å². The maximum atomic E-state index is 12.9. The van der Waals surface area contributed by atoms with E-state index in [1.807, 2.05) is 26.2 Å². The van der Waals surface area contributed by atoms with Crippen molar-refractivity contribution >= 4 is 22.4 Å². The lowest BCUT2D eigenvalue weighted by Crippen LogP contribution is -2.19. The lowest BCUT2D eigenvalue weighted by Gasteiger charge is -2.16. The Morgan fingerprint density at radius 3 is 2.55 bits per heavy atom. The monoisotopic (exact) mass is 292 g/mol. The molecule has 2 aromatic rings. The van der Waals surface area contributed by atoms with Crippen LogP contribution in [0.25, 0.3) is 11.3 Å². The van der Waals surface area contributed by atoms with Crippen LogP contribution in [-0.4, -0.2) is 10.9 Å². The van der Waals surface area contributed by atoms with Gasteiger partial charge in [-0.05, 0) is 29.7 Å². The SMILES string of the molecule is CC(C)(C)CC(=O)Nc1nc(-c2ccc(F)cc2)cs1. The zero-order valence-corrected chi connectivity index (χ0v) is 12.6. The Bertz CT molecular complexity index is 599. The molecule has 0 fully saturated rings. The first-order valence-electron chi connectivity index (χ1n) is 6.35. The Kier molecular flexibility index (Phi) is 4.18. The van der Waals surface area contributed by atoms with Gasteiger partial charge in [0.15, 0.2) is 5.13 Å². The molecule has 0 atom stereocenters. The summed E-state index contributed by atoms with van der Waals surface area (Å²) in [6.07, 6.45) is 0.443. The van der Waals surface area contributed by atoms with Gasteiger partial charge in [-0.1, -0.05) is 20.8 Å². The zero-order valence-electron chi connectivity index (χ0n) is 11.7. The van der Waals surface area contributed by atoms with Gasteiger partial charge >= 0.3 is 0 Å². The number of benzene rings is 1. The number of carbonyl (C=O) groups excluding carboxylic acids is 1. The van der Waals surface area contributed by atoms with E-state index in [0.29, 0.717) is 11.6 Å². The van der Waals surface area contributed by atoms with Gasteiger partial charge in [0, 0.05) is 17.4 Å². The van der Waals surface area contributed by atoms with Gasteiger partial charge in [-0.3, -0.25) is 4.79 Å². The highest BCUT2D eigenvalue weighted by Crippen LogP contribution is 2.26. The summed E-state index contributed by atoms with van der Waals surface area (Å²) in [6, 6.07) is 6.13. The van der Waals surface area contributed by atoms with Gasteiger partial charge in [0.2, 0.25) is 5.91 Å². The van der Waals surface area contributed by atoms with Crippen LogP contribution in [-0.2, 0) is 4.79 Å². The molecule has 5 heteroatoms. The number of halogens is 1. The third kappa shape index (κ3) is 4.13. The Hall–Kier alpha value is -1.75. The van der Waals surface area contributed by atoms with Crippen molar-refractivity contribution in [1.29, 1.82) is 0 Å². The molecule has 106 valence electrons.